The minimum atomic E-state index is -0.0779. The topological polar surface area (TPSA) is 74.6 Å². The second-order valence-corrected chi connectivity index (χ2v) is 4.94. The van der Waals surface area contributed by atoms with E-state index in [-0.39, 0.29) is 11.3 Å². The molecule has 0 bridgehead atoms. The van der Waals surface area contributed by atoms with Crippen molar-refractivity contribution in [3.05, 3.63) is 0 Å². The molecule has 4 nitrogen and oxygen atoms in total. The van der Waals surface area contributed by atoms with Crippen LogP contribution in [0.4, 0.5) is 0 Å². The quantitative estimate of drug-likeness (QED) is 0.543. The number of aliphatic imine (C=N–C) groups is 2. The Balaban J connectivity index is 4.78. The van der Waals surface area contributed by atoms with Crippen LogP contribution in [0.15, 0.2) is 9.98 Å². The highest BCUT2D eigenvalue weighted by molar-refractivity contribution is 6.02. The van der Waals surface area contributed by atoms with E-state index in [9.17, 15) is 0 Å². The summed E-state index contributed by atoms with van der Waals surface area (Å²) in [6.45, 7) is 10.6. The zero-order valence-corrected chi connectivity index (χ0v) is 10.3. The van der Waals surface area contributed by atoms with Gasteiger partial charge in [0, 0.05) is 12.8 Å². The van der Waals surface area contributed by atoms with Gasteiger partial charge in [0.25, 0.3) is 0 Å². The van der Waals surface area contributed by atoms with Gasteiger partial charge in [-0.1, -0.05) is 27.7 Å². The number of amidine groups is 2. The zero-order valence-electron chi connectivity index (χ0n) is 10.3. The van der Waals surface area contributed by atoms with Gasteiger partial charge in [-0.3, -0.25) is 4.99 Å². The minimum Gasteiger partial charge on any atom is -0.387 e. The molecule has 4 heteroatoms. The molecular formula is C11H22N4. The Hall–Kier alpha value is -1.19. The first-order valence-electron chi connectivity index (χ1n) is 5.12. The minimum absolute atomic E-state index is 0.0779. The van der Waals surface area contributed by atoms with Crippen molar-refractivity contribution in [3.63, 3.8) is 0 Å². The molecule has 0 aliphatic carbocycles. The SMILES string of the molecule is CC(N)=NC(=NCC(C)(C)C)C(C)C=N. The van der Waals surface area contributed by atoms with Gasteiger partial charge < -0.3 is 11.1 Å². The van der Waals surface area contributed by atoms with E-state index in [0.29, 0.717) is 18.2 Å². The highest BCUT2D eigenvalue weighted by Gasteiger charge is 2.12. The van der Waals surface area contributed by atoms with Crippen LogP contribution in [-0.4, -0.2) is 24.4 Å². The first kappa shape index (κ1) is 13.8. The zero-order chi connectivity index (χ0) is 12.1. The maximum Gasteiger partial charge on any atom is 0.133 e. The van der Waals surface area contributed by atoms with Crippen LogP contribution in [0.2, 0.25) is 0 Å². The van der Waals surface area contributed by atoms with Crippen molar-refractivity contribution < 1.29 is 0 Å². The van der Waals surface area contributed by atoms with Crippen molar-refractivity contribution in [3.8, 4) is 0 Å². The maximum absolute atomic E-state index is 7.20. The second-order valence-electron chi connectivity index (χ2n) is 4.94. The van der Waals surface area contributed by atoms with E-state index < -0.39 is 0 Å². The molecule has 0 saturated carbocycles. The predicted octanol–water partition coefficient (Wildman–Crippen LogP) is 2.09. The van der Waals surface area contributed by atoms with Crippen molar-refractivity contribution in [1.82, 2.24) is 0 Å². The maximum atomic E-state index is 7.20. The fraction of sp³-hybridized carbons (Fsp3) is 0.727. The molecule has 0 spiro atoms. The number of hydrogen-bond acceptors (Lipinski definition) is 2. The highest BCUT2D eigenvalue weighted by atomic mass is 15.0. The summed E-state index contributed by atoms with van der Waals surface area (Å²) < 4.78 is 0. The lowest BCUT2D eigenvalue weighted by atomic mass is 9.97. The molecule has 1 atom stereocenters. The molecule has 1 unspecified atom stereocenters. The summed E-state index contributed by atoms with van der Waals surface area (Å²) in [5.74, 6) is 1.04. The van der Waals surface area contributed by atoms with Gasteiger partial charge in [-0.2, -0.15) is 0 Å². The van der Waals surface area contributed by atoms with Crippen LogP contribution in [-0.2, 0) is 0 Å². The van der Waals surface area contributed by atoms with E-state index >= 15 is 0 Å². The van der Waals surface area contributed by atoms with Crippen LogP contribution >= 0.6 is 0 Å². The third-order valence-electron chi connectivity index (χ3n) is 1.66. The number of nitrogens with zero attached hydrogens (tertiary/aromatic N) is 2. The Morgan fingerprint density at radius 3 is 2.33 bits per heavy atom. The summed E-state index contributed by atoms with van der Waals surface area (Å²) in [6, 6.07) is 0. The molecule has 86 valence electrons. The Bertz CT molecular complexity index is 267. The molecule has 0 aromatic heterocycles. The summed E-state index contributed by atoms with van der Waals surface area (Å²) in [4.78, 5) is 8.55. The van der Waals surface area contributed by atoms with Gasteiger partial charge in [-0.05, 0) is 12.3 Å². The molecule has 15 heavy (non-hydrogen) atoms. The van der Waals surface area contributed by atoms with Gasteiger partial charge >= 0.3 is 0 Å². The molecule has 0 rings (SSSR count). The van der Waals surface area contributed by atoms with Crippen molar-refractivity contribution >= 4 is 17.9 Å². The average Bonchev–Trinajstić information content (AvgIpc) is 2.09. The van der Waals surface area contributed by atoms with Crippen molar-refractivity contribution in [2.75, 3.05) is 6.54 Å². The molecule has 3 N–H and O–H groups in total. The van der Waals surface area contributed by atoms with Gasteiger partial charge in [-0.15, -0.1) is 0 Å². The molecule has 0 fully saturated rings. The monoisotopic (exact) mass is 210 g/mol. The second kappa shape index (κ2) is 5.63. The van der Waals surface area contributed by atoms with Crippen molar-refractivity contribution in [2.24, 2.45) is 27.1 Å². The van der Waals surface area contributed by atoms with Crippen molar-refractivity contribution in [1.29, 1.82) is 5.41 Å². The Morgan fingerprint density at radius 2 is 2.00 bits per heavy atom. The molecule has 0 aliphatic heterocycles. The third-order valence-corrected chi connectivity index (χ3v) is 1.66. The first-order valence-corrected chi connectivity index (χ1v) is 5.12. The molecule has 0 saturated heterocycles. The van der Waals surface area contributed by atoms with Gasteiger partial charge in [0.15, 0.2) is 0 Å². The van der Waals surface area contributed by atoms with Gasteiger partial charge in [0.05, 0.1) is 11.8 Å². The van der Waals surface area contributed by atoms with Gasteiger partial charge in [-0.25, -0.2) is 4.99 Å². The lowest BCUT2D eigenvalue weighted by molar-refractivity contribution is 0.429. The lowest BCUT2D eigenvalue weighted by Gasteiger charge is -2.16. The fourth-order valence-electron chi connectivity index (χ4n) is 0.855. The van der Waals surface area contributed by atoms with E-state index in [4.69, 9.17) is 11.1 Å². The van der Waals surface area contributed by atoms with Gasteiger partial charge in [0.1, 0.15) is 5.84 Å². The van der Waals surface area contributed by atoms with Crippen LogP contribution in [0, 0.1) is 16.7 Å². The average molecular weight is 210 g/mol. The molecular weight excluding hydrogens is 188 g/mol. The van der Waals surface area contributed by atoms with Crippen LogP contribution in [0.5, 0.6) is 0 Å². The van der Waals surface area contributed by atoms with Crippen LogP contribution in [0.25, 0.3) is 0 Å². The van der Waals surface area contributed by atoms with Gasteiger partial charge in [0.2, 0.25) is 0 Å². The third kappa shape index (κ3) is 6.82. The largest absolute Gasteiger partial charge is 0.387 e. The summed E-state index contributed by atoms with van der Waals surface area (Å²) in [7, 11) is 0. The Morgan fingerprint density at radius 1 is 1.47 bits per heavy atom. The normalized spacial score (nSPS) is 16.3. The van der Waals surface area contributed by atoms with Crippen LogP contribution in [0.1, 0.15) is 34.6 Å². The van der Waals surface area contributed by atoms with E-state index in [2.05, 4.69) is 30.8 Å². The number of nitrogens with two attached hydrogens (primary N) is 1. The molecule has 0 heterocycles. The number of nitrogens with one attached hydrogen (secondary N) is 1. The molecule has 0 aromatic carbocycles. The highest BCUT2D eigenvalue weighted by Crippen LogP contribution is 2.13. The molecule has 0 amide bonds. The molecule has 0 aliphatic rings. The summed E-state index contributed by atoms with van der Waals surface area (Å²) in [5.41, 5.74) is 5.65. The van der Waals surface area contributed by atoms with Crippen LogP contribution < -0.4 is 5.73 Å². The standard InChI is InChI=1S/C11H22N4/c1-8(6-12)10(15-9(2)13)14-7-11(3,4)5/h6,8,12H,7H2,1-5H3,(H2,13,14,15). The Labute approximate surface area is 92.2 Å². The summed E-state index contributed by atoms with van der Waals surface area (Å²) in [6.07, 6.45) is 1.33. The summed E-state index contributed by atoms with van der Waals surface area (Å²) >= 11 is 0. The van der Waals surface area contributed by atoms with E-state index in [1.165, 1.54) is 6.21 Å². The summed E-state index contributed by atoms with van der Waals surface area (Å²) in [5, 5.41) is 7.20. The first-order chi connectivity index (χ1) is 6.76. The van der Waals surface area contributed by atoms with E-state index in [1.807, 2.05) is 6.92 Å². The van der Waals surface area contributed by atoms with E-state index in [1.54, 1.807) is 6.92 Å². The molecule has 0 radical (unpaired) electrons. The number of rotatable bonds is 3. The predicted molar refractivity (Wildman–Crippen MR) is 67.0 cm³/mol. The molecule has 0 aromatic rings. The Kier molecular flexibility index (Phi) is 5.19. The fourth-order valence-corrected chi connectivity index (χ4v) is 0.855. The van der Waals surface area contributed by atoms with E-state index in [0.717, 1.165) is 0 Å². The smallest absolute Gasteiger partial charge is 0.133 e. The van der Waals surface area contributed by atoms with Crippen molar-refractivity contribution in [2.45, 2.75) is 34.6 Å². The number of hydrogen-bond donors (Lipinski definition) is 2. The lowest BCUT2D eigenvalue weighted by Crippen LogP contribution is -2.18. The van der Waals surface area contributed by atoms with Crippen LogP contribution in [0.3, 0.4) is 0 Å².